The van der Waals surface area contributed by atoms with Crippen molar-refractivity contribution in [2.24, 2.45) is 11.8 Å². The van der Waals surface area contributed by atoms with Crippen LogP contribution in [0.1, 0.15) is 27.8 Å². The number of allylic oxidation sites excluding steroid dienone is 2. The third-order valence-electron chi connectivity index (χ3n) is 9.85. The van der Waals surface area contributed by atoms with Crippen LogP contribution in [0.2, 0.25) is 0 Å². The molecular weight excluding hydrogens is 542 g/mol. The van der Waals surface area contributed by atoms with Crippen molar-refractivity contribution < 1.29 is 14.4 Å². The van der Waals surface area contributed by atoms with Crippen LogP contribution in [-0.2, 0) is 31.8 Å². The number of hydrogen-bond donors (Lipinski definition) is 0. The van der Waals surface area contributed by atoms with Crippen LogP contribution in [0.5, 0.6) is 0 Å². The highest BCUT2D eigenvalue weighted by Crippen LogP contribution is 2.74. The maximum Gasteiger partial charge on any atom is 0.235 e. The number of Topliss-reactive ketones (excluding diaryl/α,β-unsaturated/α-hetero) is 1. The topological polar surface area (TPSA) is 54.5 Å². The maximum atomic E-state index is 15.8. The third kappa shape index (κ3) is 3.31. The second kappa shape index (κ2) is 9.85. The molecule has 0 N–H and O–H groups in total. The van der Waals surface area contributed by atoms with Gasteiger partial charge in [-0.05, 0) is 39.0 Å². The number of benzene rings is 5. The highest BCUT2D eigenvalue weighted by molar-refractivity contribution is 6.35. The Kier molecular flexibility index (Phi) is 5.89. The molecule has 212 valence electrons. The average molecular weight is 572 g/mol. The number of carbonyl (C=O) groups excluding carboxylic acids is 3. The third-order valence-corrected chi connectivity index (χ3v) is 9.85. The van der Waals surface area contributed by atoms with Gasteiger partial charge in [0.25, 0.3) is 0 Å². The summed E-state index contributed by atoms with van der Waals surface area (Å²) in [6.07, 6.45) is 0. The van der Waals surface area contributed by atoms with E-state index >= 15 is 4.79 Å². The fourth-order valence-electron chi connectivity index (χ4n) is 8.31. The molecule has 4 atom stereocenters. The Labute approximate surface area is 256 Å². The van der Waals surface area contributed by atoms with Gasteiger partial charge in [-0.2, -0.15) is 0 Å². The van der Waals surface area contributed by atoms with Crippen LogP contribution in [0.15, 0.2) is 152 Å². The molecule has 44 heavy (non-hydrogen) atoms. The first kappa shape index (κ1) is 26.3. The molecule has 5 aromatic rings. The predicted molar refractivity (Wildman–Crippen MR) is 170 cm³/mol. The summed E-state index contributed by atoms with van der Waals surface area (Å²) in [6, 6.07) is 48.8. The first-order chi connectivity index (χ1) is 21.6. The monoisotopic (exact) mass is 571 g/mol. The number of fused-ring (bicyclic) bond motifs is 5. The number of ketones is 1. The van der Waals surface area contributed by atoms with E-state index < -0.39 is 22.7 Å². The van der Waals surface area contributed by atoms with Gasteiger partial charge in [-0.15, -0.1) is 0 Å². The summed E-state index contributed by atoms with van der Waals surface area (Å²) < 4.78 is 0. The normalized spacial score (nSPS) is 25.5. The van der Waals surface area contributed by atoms with Crippen molar-refractivity contribution in [1.82, 2.24) is 4.90 Å². The molecule has 1 saturated heterocycles. The molecule has 2 bridgehead atoms. The number of rotatable bonds is 6. The molecule has 1 saturated carbocycles. The van der Waals surface area contributed by atoms with E-state index in [9.17, 15) is 9.59 Å². The highest BCUT2D eigenvalue weighted by atomic mass is 16.2. The smallest absolute Gasteiger partial charge is 0.235 e. The zero-order valence-electron chi connectivity index (χ0n) is 24.0. The van der Waals surface area contributed by atoms with Crippen LogP contribution >= 0.6 is 0 Å². The molecule has 4 heteroatoms. The van der Waals surface area contributed by atoms with Crippen LogP contribution in [-0.4, -0.2) is 22.5 Å². The molecule has 5 aromatic carbocycles. The van der Waals surface area contributed by atoms with Crippen LogP contribution < -0.4 is 0 Å². The van der Waals surface area contributed by atoms with E-state index in [2.05, 4.69) is 0 Å². The van der Waals surface area contributed by atoms with Crippen molar-refractivity contribution in [3.63, 3.8) is 0 Å². The Bertz CT molecular complexity index is 1820. The van der Waals surface area contributed by atoms with E-state index in [1.54, 1.807) is 0 Å². The molecule has 0 spiro atoms. The molecule has 2 amide bonds. The van der Waals surface area contributed by atoms with Gasteiger partial charge in [0.15, 0.2) is 5.78 Å². The van der Waals surface area contributed by atoms with Gasteiger partial charge in [0.1, 0.15) is 0 Å². The SMILES string of the molecule is O=C1[C@@H]2[C@@H](C(=O)N1Cc1ccccc1)[C@@]1(c3ccccc3)C(=O)[C@@]2(c2ccccc2)C(c2ccccc2)=C1c1ccccc1. The lowest BCUT2D eigenvalue weighted by Crippen LogP contribution is -2.45. The standard InChI is InChI=1S/C40H29NO3/c42-36-34-35(37(43)41(36)26-27-16-6-1-7-17-27)40(31-24-14-5-15-25-31)33(29-20-10-3-11-21-29)32(28-18-8-2-9-19-28)39(34,38(40)44)30-22-12-4-13-23-30/h1-25,34-35H,26H2/t34-,35-,39-,40-/m0/s1. The van der Waals surface area contributed by atoms with Gasteiger partial charge in [0.05, 0.1) is 29.2 Å². The second-order valence-electron chi connectivity index (χ2n) is 11.9. The number of amides is 2. The number of likely N-dealkylation sites (tertiary alicyclic amines) is 1. The molecule has 2 fully saturated rings. The van der Waals surface area contributed by atoms with Gasteiger partial charge in [0.2, 0.25) is 11.8 Å². The quantitative estimate of drug-likeness (QED) is 0.209. The maximum absolute atomic E-state index is 15.8. The summed E-state index contributed by atoms with van der Waals surface area (Å²) in [5, 5.41) is 0. The lowest BCUT2D eigenvalue weighted by molar-refractivity contribution is -0.143. The Balaban J connectivity index is 1.52. The number of nitrogens with zero attached hydrogens (tertiary/aromatic N) is 1. The molecule has 0 aromatic heterocycles. The zero-order valence-corrected chi connectivity index (χ0v) is 24.0. The lowest BCUT2D eigenvalue weighted by Gasteiger charge is -2.39. The van der Waals surface area contributed by atoms with Gasteiger partial charge in [0, 0.05) is 0 Å². The van der Waals surface area contributed by atoms with Crippen LogP contribution in [0, 0.1) is 11.8 Å². The van der Waals surface area contributed by atoms with Gasteiger partial charge in [-0.3, -0.25) is 19.3 Å². The first-order valence-electron chi connectivity index (χ1n) is 15.0. The van der Waals surface area contributed by atoms with E-state index in [0.717, 1.165) is 39.0 Å². The van der Waals surface area contributed by atoms with Gasteiger partial charge in [-0.1, -0.05) is 152 Å². The van der Waals surface area contributed by atoms with Gasteiger partial charge < -0.3 is 0 Å². The Morgan fingerprint density at radius 3 is 1.18 bits per heavy atom. The largest absolute Gasteiger partial charge is 0.297 e. The Hall–Kier alpha value is -5.35. The van der Waals surface area contributed by atoms with E-state index in [1.165, 1.54) is 4.90 Å². The van der Waals surface area contributed by atoms with E-state index in [-0.39, 0.29) is 24.1 Å². The molecule has 3 aliphatic rings. The molecule has 1 aliphatic heterocycles. The van der Waals surface area contributed by atoms with Crippen LogP contribution in [0.4, 0.5) is 0 Å². The van der Waals surface area contributed by atoms with E-state index in [4.69, 9.17) is 0 Å². The van der Waals surface area contributed by atoms with Crippen molar-refractivity contribution >= 4 is 28.7 Å². The number of hydrogen-bond acceptors (Lipinski definition) is 3. The molecule has 0 unspecified atom stereocenters. The van der Waals surface area contributed by atoms with Crippen molar-refractivity contribution in [2.45, 2.75) is 17.4 Å². The fraction of sp³-hybridized carbons (Fsp3) is 0.125. The number of carbonyl (C=O) groups is 3. The van der Waals surface area contributed by atoms with Gasteiger partial charge in [-0.25, -0.2) is 0 Å². The Morgan fingerprint density at radius 2 is 0.795 bits per heavy atom. The molecule has 0 radical (unpaired) electrons. The van der Waals surface area contributed by atoms with E-state index in [0.29, 0.717) is 0 Å². The Morgan fingerprint density at radius 1 is 0.455 bits per heavy atom. The first-order valence-corrected chi connectivity index (χ1v) is 15.0. The molecule has 1 heterocycles. The summed E-state index contributed by atoms with van der Waals surface area (Å²) in [5.74, 6) is -2.47. The zero-order chi connectivity index (χ0) is 29.9. The highest BCUT2D eigenvalue weighted by Gasteiger charge is 2.82. The predicted octanol–water partition coefficient (Wildman–Crippen LogP) is 6.87. The second-order valence-corrected chi connectivity index (χ2v) is 11.9. The van der Waals surface area contributed by atoms with Gasteiger partial charge >= 0.3 is 0 Å². The molecule has 8 rings (SSSR count). The minimum absolute atomic E-state index is 0.101. The van der Waals surface area contributed by atoms with Crippen molar-refractivity contribution in [3.8, 4) is 0 Å². The fourth-order valence-corrected chi connectivity index (χ4v) is 8.31. The minimum atomic E-state index is -1.37. The number of imide groups is 1. The summed E-state index contributed by atoms with van der Waals surface area (Å²) in [6.45, 7) is 0.163. The molecule has 4 nitrogen and oxygen atoms in total. The van der Waals surface area contributed by atoms with E-state index in [1.807, 2.05) is 152 Å². The average Bonchev–Trinajstić information content (AvgIpc) is 3.59. The van der Waals surface area contributed by atoms with Crippen molar-refractivity contribution in [2.75, 3.05) is 0 Å². The summed E-state index contributed by atoms with van der Waals surface area (Å²) in [4.78, 5) is 46.9. The van der Waals surface area contributed by atoms with Crippen molar-refractivity contribution in [3.05, 3.63) is 179 Å². The summed E-state index contributed by atoms with van der Waals surface area (Å²) in [7, 11) is 0. The van der Waals surface area contributed by atoms with Crippen molar-refractivity contribution in [1.29, 1.82) is 0 Å². The lowest BCUT2D eigenvalue weighted by atomic mass is 9.59. The molecule has 2 aliphatic carbocycles. The summed E-state index contributed by atoms with van der Waals surface area (Å²) >= 11 is 0. The molecular formula is C40H29NO3. The van der Waals surface area contributed by atoms with Crippen LogP contribution in [0.3, 0.4) is 0 Å². The summed E-state index contributed by atoms with van der Waals surface area (Å²) in [5.41, 5.74) is 2.99. The van der Waals surface area contributed by atoms with Crippen LogP contribution in [0.25, 0.3) is 11.1 Å². The minimum Gasteiger partial charge on any atom is -0.297 e.